The molecular formula is C12H12ClNO2. The quantitative estimate of drug-likeness (QED) is 0.657. The summed E-state index contributed by atoms with van der Waals surface area (Å²) in [5.74, 6) is -0.307. The van der Waals surface area contributed by atoms with Crippen LogP contribution >= 0.6 is 11.6 Å². The molecule has 0 fully saturated rings. The van der Waals surface area contributed by atoms with Crippen molar-refractivity contribution in [2.24, 2.45) is 0 Å². The van der Waals surface area contributed by atoms with Crippen LogP contribution in [-0.4, -0.2) is 11.0 Å². The normalized spacial score (nSPS) is 12.6. The SMILES string of the molecule is CCC(=O)OC(Cl)c1cc2ccccc2[nH]1. The van der Waals surface area contributed by atoms with Crippen LogP contribution in [0, 0.1) is 0 Å². The fraction of sp³-hybridized carbons (Fsp3) is 0.250. The maximum atomic E-state index is 11.1. The van der Waals surface area contributed by atoms with E-state index >= 15 is 0 Å². The Labute approximate surface area is 98.4 Å². The number of hydrogen-bond donors (Lipinski definition) is 1. The van der Waals surface area contributed by atoms with E-state index in [0.29, 0.717) is 12.1 Å². The zero-order valence-electron chi connectivity index (χ0n) is 8.87. The number of fused-ring (bicyclic) bond motifs is 1. The molecule has 1 atom stereocenters. The van der Waals surface area contributed by atoms with Crippen LogP contribution in [0.2, 0.25) is 0 Å². The monoisotopic (exact) mass is 237 g/mol. The maximum Gasteiger partial charge on any atom is 0.307 e. The van der Waals surface area contributed by atoms with Crippen molar-refractivity contribution in [3.05, 3.63) is 36.0 Å². The number of aromatic nitrogens is 1. The maximum absolute atomic E-state index is 11.1. The molecule has 0 amide bonds. The van der Waals surface area contributed by atoms with Crippen LogP contribution in [0.5, 0.6) is 0 Å². The number of rotatable bonds is 3. The molecule has 0 saturated carbocycles. The van der Waals surface area contributed by atoms with Gasteiger partial charge in [0.1, 0.15) is 0 Å². The highest BCUT2D eigenvalue weighted by Gasteiger charge is 2.14. The van der Waals surface area contributed by atoms with Crippen LogP contribution in [0.1, 0.15) is 24.6 Å². The molecule has 4 heteroatoms. The molecule has 16 heavy (non-hydrogen) atoms. The van der Waals surface area contributed by atoms with E-state index in [4.69, 9.17) is 16.3 Å². The second-order valence-electron chi connectivity index (χ2n) is 3.47. The Morgan fingerprint density at radius 3 is 2.94 bits per heavy atom. The van der Waals surface area contributed by atoms with E-state index in [2.05, 4.69) is 4.98 Å². The van der Waals surface area contributed by atoms with Gasteiger partial charge in [-0.15, -0.1) is 0 Å². The minimum absolute atomic E-state index is 0.307. The summed E-state index contributed by atoms with van der Waals surface area (Å²) < 4.78 is 5.01. The van der Waals surface area contributed by atoms with Crippen molar-refractivity contribution in [1.82, 2.24) is 4.98 Å². The highest BCUT2D eigenvalue weighted by Crippen LogP contribution is 2.25. The molecule has 0 saturated heterocycles. The summed E-state index contributed by atoms with van der Waals surface area (Å²) in [6, 6.07) is 9.69. The van der Waals surface area contributed by atoms with E-state index in [0.717, 1.165) is 10.9 Å². The molecule has 0 bridgehead atoms. The molecule has 0 aliphatic rings. The first-order valence-corrected chi connectivity index (χ1v) is 5.55. The number of carbonyl (C=O) groups is 1. The molecule has 84 valence electrons. The summed E-state index contributed by atoms with van der Waals surface area (Å²) in [7, 11) is 0. The van der Waals surface area contributed by atoms with Crippen LogP contribution in [0.15, 0.2) is 30.3 Å². The average Bonchev–Trinajstić information content (AvgIpc) is 2.72. The lowest BCUT2D eigenvalue weighted by atomic mass is 10.2. The molecule has 1 N–H and O–H groups in total. The molecule has 0 aliphatic carbocycles. The van der Waals surface area contributed by atoms with Gasteiger partial charge in [-0.2, -0.15) is 0 Å². The molecule has 2 rings (SSSR count). The first kappa shape index (κ1) is 11.0. The van der Waals surface area contributed by atoms with Crippen LogP contribution in [0.3, 0.4) is 0 Å². The number of para-hydroxylation sites is 1. The van der Waals surface area contributed by atoms with Crippen LogP contribution in [0.25, 0.3) is 10.9 Å². The predicted octanol–water partition coefficient (Wildman–Crippen LogP) is 3.36. The summed E-state index contributed by atoms with van der Waals surface area (Å²) in [6.45, 7) is 1.73. The first-order chi connectivity index (χ1) is 7.70. The highest BCUT2D eigenvalue weighted by molar-refractivity contribution is 6.20. The van der Waals surface area contributed by atoms with Crippen molar-refractivity contribution in [2.45, 2.75) is 18.9 Å². The fourth-order valence-corrected chi connectivity index (χ4v) is 1.70. The van der Waals surface area contributed by atoms with Crippen molar-refractivity contribution in [2.75, 3.05) is 0 Å². The number of hydrogen-bond acceptors (Lipinski definition) is 2. The van der Waals surface area contributed by atoms with E-state index in [9.17, 15) is 4.79 Å². The Morgan fingerprint density at radius 2 is 2.25 bits per heavy atom. The van der Waals surface area contributed by atoms with Gasteiger partial charge >= 0.3 is 5.97 Å². The van der Waals surface area contributed by atoms with Gasteiger partial charge < -0.3 is 9.72 Å². The molecule has 1 heterocycles. The summed E-state index contributed by atoms with van der Waals surface area (Å²) in [5, 5.41) is 1.05. The number of aromatic amines is 1. The molecule has 0 spiro atoms. The Bertz CT molecular complexity index is 473. The second-order valence-corrected chi connectivity index (χ2v) is 3.87. The third-order valence-corrected chi connectivity index (χ3v) is 2.64. The van der Waals surface area contributed by atoms with Gasteiger partial charge in [0, 0.05) is 11.9 Å². The molecular weight excluding hydrogens is 226 g/mol. The topological polar surface area (TPSA) is 42.1 Å². The third kappa shape index (κ3) is 2.19. The van der Waals surface area contributed by atoms with Crippen LogP contribution in [0.4, 0.5) is 0 Å². The lowest BCUT2D eigenvalue weighted by molar-refractivity contribution is -0.145. The van der Waals surface area contributed by atoms with E-state index in [1.165, 1.54) is 0 Å². The lowest BCUT2D eigenvalue weighted by Crippen LogP contribution is -2.05. The Morgan fingerprint density at radius 1 is 1.50 bits per heavy atom. The van der Waals surface area contributed by atoms with E-state index in [1.54, 1.807) is 6.92 Å². The molecule has 1 unspecified atom stereocenters. The Kier molecular flexibility index (Phi) is 3.15. The summed E-state index contributed by atoms with van der Waals surface area (Å²) in [5.41, 5.74) is 0.931. The number of H-pyrrole nitrogens is 1. The number of halogens is 1. The largest absolute Gasteiger partial charge is 0.440 e. The summed E-state index contributed by atoms with van der Waals surface area (Å²) in [4.78, 5) is 14.2. The van der Waals surface area contributed by atoms with Crippen molar-refractivity contribution < 1.29 is 9.53 Å². The number of esters is 1. The number of alkyl halides is 1. The smallest absolute Gasteiger partial charge is 0.307 e. The minimum Gasteiger partial charge on any atom is -0.440 e. The van der Waals surface area contributed by atoms with E-state index in [-0.39, 0.29) is 5.97 Å². The minimum atomic E-state index is -0.750. The van der Waals surface area contributed by atoms with Gasteiger partial charge in [0.15, 0.2) is 0 Å². The van der Waals surface area contributed by atoms with Gasteiger partial charge in [-0.25, -0.2) is 0 Å². The number of ether oxygens (including phenoxy) is 1. The predicted molar refractivity (Wildman–Crippen MR) is 63.3 cm³/mol. The highest BCUT2D eigenvalue weighted by atomic mass is 35.5. The molecule has 1 aromatic heterocycles. The van der Waals surface area contributed by atoms with Gasteiger partial charge in [0.2, 0.25) is 5.56 Å². The van der Waals surface area contributed by atoms with Gasteiger partial charge in [0.05, 0.1) is 5.69 Å². The van der Waals surface area contributed by atoms with E-state index in [1.807, 2.05) is 30.3 Å². The second kappa shape index (κ2) is 4.58. The molecule has 0 radical (unpaired) electrons. The summed E-state index contributed by atoms with van der Waals surface area (Å²) >= 11 is 5.98. The van der Waals surface area contributed by atoms with Crippen molar-refractivity contribution in [3.63, 3.8) is 0 Å². The lowest BCUT2D eigenvalue weighted by Gasteiger charge is -2.08. The number of nitrogens with one attached hydrogen (secondary N) is 1. The van der Waals surface area contributed by atoms with Gasteiger partial charge in [-0.1, -0.05) is 36.7 Å². The van der Waals surface area contributed by atoms with Crippen molar-refractivity contribution >= 4 is 28.5 Å². The van der Waals surface area contributed by atoms with Gasteiger partial charge in [-0.05, 0) is 17.5 Å². The molecule has 0 aliphatic heterocycles. The van der Waals surface area contributed by atoms with E-state index < -0.39 is 5.56 Å². The van der Waals surface area contributed by atoms with Gasteiger partial charge in [-0.3, -0.25) is 4.79 Å². The standard InChI is InChI=1S/C12H12ClNO2/c1-2-11(15)16-12(13)10-7-8-5-3-4-6-9(8)14-10/h3-7,12,14H,2H2,1H3. The van der Waals surface area contributed by atoms with Crippen LogP contribution < -0.4 is 0 Å². The molecule has 2 aromatic rings. The van der Waals surface area contributed by atoms with Crippen molar-refractivity contribution in [1.29, 1.82) is 0 Å². The zero-order chi connectivity index (χ0) is 11.5. The Balaban J connectivity index is 2.23. The average molecular weight is 238 g/mol. The molecule has 3 nitrogen and oxygen atoms in total. The van der Waals surface area contributed by atoms with Gasteiger partial charge in [0.25, 0.3) is 0 Å². The number of benzene rings is 1. The van der Waals surface area contributed by atoms with Crippen LogP contribution in [-0.2, 0) is 9.53 Å². The Hall–Kier alpha value is -1.48. The van der Waals surface area contributed by atoms with Crippen molar-refractivity contribution in [3.8, 4) is 0 Å². The zero-order valence-corrected chi connectivity index (χ0v) is 9.62. The fourth-order valence-electron chi connectivity index (χ4n) is 1.48. The number of carbonyl (C=O) groups excluding carboxylic acids is 1. The molecule has 1 aromatic carbocycles. The summed E-state index contributed by atoms with van der Waals surface area (Å²) in [6.07, 6.45) is 0.323. The third-order valence-electron chi connectivity index (χ3n) is 2.32. The first-order valence-electron chi connectivity index (χ1n) is 5.12.